The van der Waals surface area contributed by atoms with E-state index in [1.165, 1.54) is 31.5 Å². The zero-order valence-corrected chi connectivity index (χ0v) is 10.6. The zero-order valence-electron chi connectivity index (χ0n) is 9.03. The fraction of sp³-hybridized carbons (Fsp3) is 0.538. The van der Waals surface area contributed by atoms with Crippen molar-refractivity contribution in [1.29, 1.82) is 0 Å². The lowest BCUT2D eigenvalue weighted by atomic mass is 10.00. The first kappa shape index (κ1) is 11.2. The summed E-state index contributed by atoms with van der Waals surface area (Å²) in [5.41, 5.74) is 1.44. The minimum atomic E-state index is 0.850. The predicted molar refractivity (Wildman–Crippen MR) is 68.2 cm³/mol. The highest BCUT2D eigenvalue weighted by Crippen LogP contribution is 2.19. The Bertz CT molecular complexity index is 286. The Balaban J connectivity index is 1.89. The van der Waals surface area contributed by atoms with E-state index in [2.05, 4.69) is 51.2 Å². The molecule has 2 rings (SSSR count). The van der Waals surface area contributed by atoms with E-state index in [0.29, 0.717) is 0 Å². The third-order valence-corrected chi connectivity index (χ3v) is 3.99. The molecule has 0 N–H and O–H groups in total. The van der Waals surface area contributed by atoms with Crippen LogP contribution in [0.1, 0.15) is 18.4 Å². The molecule has 0 bridgehead atoms. The van der Waals surface area contributed by atoms with Gasteiger partial charge in [0.1, 0.15) is 0 Å². The molecule has 1 aliphatic heterocycles. The van der Waals surface area contributed by atoms with Gasteiger partial charge in [0.05, 0.1) is 0 Å². The average Bonchev–Trinajstić information content (AvgIpc) is 2.31. The van der Waals surface area contributed by atoms with Crippen LogP contribution in [0.4, 0.5) is 0 Å². The van der Waals surface area contributed by atoms with Crippen LogP contribution < -0.4 is 0 Å². The fourth-order valence-corrected chi connectivity index (χ4v) is 2.79. The Hall–Kier alpha value is -0.340. The van der Waals surface area contributed by atoms with Gasteiger partial charge in [0, 0.05) is 18.4 Å². The minimum Gasteiger partial charge on any atom is -0.299 e. The summed E-state index contributed by atoms with van der Waals surface area (Å²) in [7, 11) is 0. The van der Waals surface area contributed by atoms with Crippen molar-refractivity contribution in [3.63, 3.8) is 0 Å². The van der Waals surface area contributed by atoms with E-state index in [9.17, 15) is 0 Å². The molecule has 82 valence electrons. The van der Waals surface area contributed by atoms with Crippen LogP contribution in [0.2, 0.25) is 0 Å². The molecule has 1 nitrogen and oxygen atoms in total. The molecule has 1 aromatic rings. The van der Waals surface area contributed by atoms with Crippen LogP contribution in [0.15, 0.2) is 30.3 Å². The number of likely N-dealkylation sites (tertiary alicyclic amines) is 1. The maximum Gasteiger partial charge on any atom is 0.0233 e. The number of hydrogen-bond acceptors (Lipinski definition) is 1. The number of alkyl halides is 1. The van der Waals surface area contributed by atoms with E-state index < -0.39 is 0 Å². The number of benzene rings is 1. The summed E-state index contributed by atoms with van der Waals surface area (Å²) in [6.07, 6.45) is 2.74. The van der Waals surface area contributed by atoms with E-state index in [1.807, 2.05) is 0 Å². The molecule has 1 saturated heterocycles. The highest BCUT2D eigenvalue weighted by molar-refractivity contribution is 9.09. The van der Waals surface area contributed by atoms with Gasteiger partial charge in [-0.25, -0.2) is 0 Å². The average molecular weight is 268 g/mol. The highest BCUT2D eigenvalue weighted by atomic mass is 79.9. The van der Waals surface area contributed by atoms with E-state index in [0.717, 1.165) is 17.8 Å². The van der Waals surface area contributed by atoms with Gasteiger partial charge in [-0.3, -0.25) is 4.90 Å². The SMILES string of the molecule is BrC[C@@H]1CCCN(Cc2ccccc2)C1. The summed E-state index contributed by atoms with van der Waals surface area (Å²) in [6.45, 7) is 3.63. The Morgan fingerprint density at radius 3 is 2.80 bits per heavy atom. The van der Waals surface area contributed by atoms with Crippen molar-refractivity contribution in [2.75, 3.05) is 18.4 Å². The molecular weight excluding hydrogens is 250 g/mol. The molecule has 0 aromatic heterocycles. The molecule has 0 amide bonds. The van der Waals surface area contributed by atoms with E-state index >= 15 is 0 Å². The first-order chi connectivity index (χ1) is 7.38. The number of hydrogen-bond donors (Lipinski definition) is 0. The van der Waals surface area contributed by atoms with Crippen LogP contribution in [-0.2, 0) is 6.54 Å². The normalized spacial score (nSPS) is 22.9. The van der Waals surface area contributed by atoms with E-state index in [-0.39, 0.29) is 0 Å². The summed E-state index contributed by atoms with van der Waals surface area (Å²) in [5, 5.41) is 1.15. The van der Waals surface area contributed by atoms with Gasteiger partial charge in [-0.05, 0) is 30.9 Å². The van der Waals surface area contributed by atoms with Crippen LogP contribution in [-0.4, -0.2) is 23.3 Å². The first-order valence-corrected chi connectivity index (χ1v) is 6.83. The summed E-state index contributed by atoms with van der Waals surface area (Å²) < 4.78 is 0. The van der Waals surface area contributed by atoms with E-state index in [1.54, 1.807) is 0 Å². The summed E-state index contributed by atoms with van der Waals surface area (Å²) in [4.78, 5) is 2.57. The predicted octanol–water partition coefficient (Wildman–Crippen LogP) is 3.29. The van der Waals surface area contributed by atoms with E-state index in [4.69, 9.17) is 0 Å². The van der Waals surface area contributed by atoms with Crippen LogP contribution in [0.3, 0.4) is 0 Å². The lowest BCUT2D eigenvalue weighted by Gasteiger charge is -2.31. The summed E-state index contributed by atoms with van der Waals surface area (Å²) in [5.74, 6) is 0.850. The van der Waals surface area contributed by atoms with Gasteiger partial charge < -0.3 is 0 Å². The first-order valence-electron chi connectivity index (χ1n) is 5.70. The van der Waals surface area contributed by atoms with Crippen molar-refractivity contribution >= 4 is 15.9 Å². The molecule has 15 heavy (non-hydrogen) atoms. The molecule has 1 aromatic carbocycles. The second-order valence-electron chi connectivity index (χ2n) is 4.38. The molecule has 0 aliphatic carbocycles. The highest BCUT2D eigenvalue weighted by Gasteiger charge is 2.18. The van der Waals surface area contributed by atoms with Gasteiger partial charge in [-0.2, -0.15) is 0 Å². The third-order valence-electron chi connectivity index (χ3n) is 3.07. The van der Waals surface area contributed by atoms with Crippen LogP contribution >= 0.6 is 15.9 Å². The van der Waals surface area contributed by atoms with Crippen molar-refractivity contribution in [2.45, 2.75) is 19.4 Å². The molecule has 1 fully saturated rings. The Morgan fingerprint density at radius 2 is 2.07 bits per heavy atom. The van der Waals surface area contributed by atoms with Crippen molar-refractivity contribution in [3.8, 4) is 0 Å². The van der Waals surface area contributed by atoms with Crippen molar-refractivity contribution < 1.29 is 0 Å². The molecule has 0 unspecified atom stereocenters. The Morgan fingerprint density at radius 1 is 1.27 bits per heavy atom. The van der Waals surface area contributed by atoms with Gasteiger partial charge in [0.25, 0.3) is 0 Å². The number of nitrogens with zero attached hydrogens (tertiary/aromatic N) is 1. The van der Waals surface area contributed by atoms with Crippen molar-refractivity contribution in [3.05, 3.63) is 35.9 Å². The van der Waals surface area contributed by atoms with Gasteiger partial charge in [0.2, 0.25) is 0 Å². The van der Waals surface area contributed by atoms with Gasteiger partial charge in [-0.15, -0.1) is 0 Å². The Kier molecular flexibility index (Phi) is 4.21. The second-order valence-corrected chi connectivity index (χ2v) is 5.03. The Labute approximate surface area is 101 Å². The van der Waals surface area contributed by atoms with Crippen LogP contribution in [0.5, 0.6) is 0 Å². The largest absolute Gasteiger partial charge is 0.299 e. The molecule has 1 heterocycles. The third kappa shape index (κ3) is 3.32. The lowest BCUT2D eigenvalue weighted by Crippen LogP contribution is -2.35. The van der Waals surface area contributed by atoms with Crippen LogP contribution in [0.25, 0.3) is 0 Å². The smallest absolute Gasteiger partial charge is 0.0233 e. The molecular formula is C13H18BrN. The molecule has 1 atom stereocenters. The maximum absolute atomic E-state index is 3.60. The second kappa shape index (κ2) is 5.66. The maximum atomic E-state index is 3.60. The molecule has 0 radical (unpaired) electrons. The van der Waals surface area contributed by atoms with Crippen LogP contribution in [0, 0.1) is 5.92 Å². The number of rotatable bonds is 3. The van der Waals surface area contributed by atoms with Crippen molar-refractivity contribution in [1.82, 2.24) is 4.90 Å². The number of piperidine rings is 1. The monoisotopic (exact) mass is 267 g/mol. The van der Waals surface area contributed by atoms with Crippen molar-refractivity contribution in [2.24, 2.45) is 5.92 Å². The lowest BCUT2D eigenvalue weighted by molar-refractivity contribution is 0.179. The molecule has 1 aliphatic rings. The van der Waals surface area contributed by atoms with Gasteiger partial charge in [0.15, 0.2) is 0 Å². The van der Waals surface area contributed by atoms with Gasteiger partial charge >= 0.3 is 0 Å². The standard InChI is InChI=1S/C13H18BrN/c14-9-13-7-4-8-15(11-13)10-12-5-2-1-3-6-12/h1-3,5-6,13H,4,7-11H2/t13-/m0/s1. The fourth-order valence-electron chi connectivity index (χ4n) is 2.26. The summed E-state index contributed by atoms with van der Waals surface area (Å²) >= 11 is 3.60. The minimum absolute atomic E-state index is 0.850. The zero-order chi connectivity index (χ0) is 10.5. The quantitative estimate of drug-likeness (QED) is 0.760. The topological polar surface area (TPSA) is 3.24 Å². The summed E-state index contributed by atoms with van der Waals surface area (Å²) in [6, 6.07) is 10.8. The molecule has 2 heteroatoms. The number of halogens is 1. The molecule has 0 saturated carbocycles. The van der Waals surface area contributed by atoms with Gasteiger partial charge in [-0.1, -0.05) is 46.3 Å². The molecule has 0 spiro atoms.